The minimum atomic E-state index is -1.23. The van der Waals surface area contributed by atoms with Gasteiger partial charge < -0.3 is 5.11 Å². The van der Waals surface area contributed by atoms with Crippen molar-refractivity contribution in [1.82, 2.24) is 9.78 Å². The van der Waals surface area contributed by atoms with E-state index in [2.05, 4.69) is 5.10 Å². The van der Waals surface area contributed by atoms with Crippen molar-refractivity contribution in [3.8, 4) is 5.69 Å². The van der Waals surface area contributed by atoms with Gasteiger partial charge in [0.1, 0.15) is 5.69 Å². The Morgan fingerprint density at radius 1 is 1.50 bits per heavy atom. The van der Waals surface area contributed by atoms with Gasteiger partial charge in [-0.1, -0.05) is 11.6 Å². The fourth-order valence-corrected chi connectivity index (χ4v) is 1.57. The monoisotopic (exact) mass is 267 g/mol. The van der Waals surface area contributed by atoms with Crippen molar-refractivity contribution >= 4 is 23.3 Å². The lowest BCUT2D eigenvalue weighted by Crippen LogP contribution is -2.04. The standard InChI is InChI=1S/C10H6ClN3O4/c11-7-4-12-13(5-7)8-2-1-6(10(15)16)3-9(8)14(17)18/h1-5H,(H,15,16). The molecule has 0 spiro atoms. The number of hydrogen-bond acceptors (Lipinski definition) is 4. The summed E-state index contributed by atoms with van der Waals surface area (Å²) in [6.07, 6.45) is 2.72. The Labute approximate surface area is 105 Å². The zero-order chi connectivity index (χ0) is 13.3. The Kier molecular flexibility index (Phi) is 2.99. The second-order valence-corrected chi connectivity index (χ2v) is 3.81. The van der Waals surface area contributed by atoms with Gasteiger partial charge in [-0.2, -0.15) is 5.10 Å². The van der Waals surface area contributed by atoms with Crippen LogP contribution in [-0.4, -0.2) is 25.8 Å². The van der Waals surface area contributed by atoms with Crippen LogP contribution in [0.4, 0.5) is 5.69 Å². The molecule has 2 aromatic rings. The lowest BCUT2D eigenvalue weighted by Gasteiger charge is -2.03. The van der Waals surface area contributed by atoms with E-state index in [1.807, 2.05) is 0 Å². The minimum absolute atomic E-state index is 0.150. The maximum Gasteiger partial charge on any atom is 0.335 e. The number of nitrogens with zero attached hydrogens (tertiary/aromatic N) is 3. The number of aromatic nitrogens is 2. The van der Waals surface area contributed by atoms with Gasteiger partial charge in [-0.05, 0) is 12.1 Å². The molecule has 0 saturated heterocycles. The van der Waals surface area contributed by atoms with Crippen LogP contribution in [0.5, 0.6) is 0 Å². The molecule has 0 aliphatic rings. The van der Waals surface area contributed by atoms with Gasteiger partial charge in [0, 0.05) is 12.3 Å². The van der Waals surface area contributed by atoms with Crippen molar-refractivity contribution in [2.24, 2.45) is 0 Å². The summed E-state index contributed by atoms with van der Waals surface area (Å²) in [6.45, 7) is 0. The highest BCUT2D eigenvalue weighted by Crippen LogP contribution is 2.24. The van der Waals surface area contributed by atoms with Gasteiger partial charge in [-0.3, -0.25) is 10.1 Å². The number of rotatable bonds is 3. The number of nitro groups is 1. The summed E-state index contributed by atoms with van der Waals surface area (Å²) in [5, 5.41) is 23.9. The highest BCUT2D eigenvalue weighted by atomic mass is 35.5. The Hall–Kier alpha value is -2.41. The molecule has 0 atom stereocenters. The number of hydrogen-bond donors (Lipinski definition) is 1. The van der Waals surface area contributed by atoms with Crippen LogP contribution >= 0.6 is 11.6 Å². The summed E-state index contributed by atoms with van der Waals surface area (Å²) in [7, 11) is 0. The first-order chi connectivity index (χ1) is 8.49. The molecule has 1 aromatic heterocycles. The first kappa shape index (κ1) is 12.1. The molecule has 1 aromatic carbocycles. The third kappa shape index (κ3) is 2.16. The van der Waals surface area contributed by atoms with Gasteiger partial charge in [0.2, 0.25) is 0 Å². The summed E-state index contributed by atoms with van der Waals surface area (Å²) in [4.78, 5) is 21.0. The summed E-state index contributed by atoms with van der Waals surface area (Å²) >= 11 is 5.68. The van der Waals surface area contributed by atoms with Gasteiger partial charge in [-0.15, -0.1) is 0 Å². The van der Waals surface area contributed by atoms with Crippen LogP contribution in [-0.2, 0) is 0 Å². The summed E-state index contributed by atoms with van der Waals surface area (Å²) in [6, 6.07) is 3.55. The molecule has 0 saturated carbocycles. The van der Waals surface area contributed by atoms with E-state index in [0.717, 1.165) is 6.07 Å². The maximum atomic E-state index is 10.9. The van der Waals surface area contributed by atoms with E-state index in [1.165, 1.54) is 29.2 Å². The smallest absolute Gasteiger partial charge is 0.335 e. The molecule has 8 heteroatoms. The van der Waals surface area contributed by atoms with Gasteiger partial charge in [-0.25, -0.2) is 9.48 Å². The van der Waals surface area contributed by atoms with Gasteiger partial charge in [0.05, 0.1) is 21.7 Å². The molecule has 0 aliphatic carbocycles. The topological polar surface area (TPSA) is 98.3 Å². The molecule has 92 valence electrons. The molecular formula is C10H6ClN3O4. The van der Waals surface area contributed by atoms with Crippen LogP contribution in [0, 0.1) is 10.1 Å². The lowest BCUT2D eigenvalue weighted by molar-refractivity contribution is -0.384. The second kappa shape index (κ2) is 4.46. The number of carboxylic acids is 1. The van der Waals surface area contributed by atoms with Gasteiger partial charge in [0.15, 0.2) is 0 Å². The lowest BCUT2D eigenvalue weighted by atomic mass is 10.2. The quantitative estimate of drug-likeness (QED) is 0.678. The average Bonchev–Trinajstić information content (AvgIpc) is 2.74. The third-order valence-electron chi connectivity index (χ3n) is 2.22. The van der Waals surface area contributed by atoms with Crippen LogP contribution in [0.1, 0.15) is 10.4 Å². The Balaban J connectivity index is 2.60. The Morgan fingerprint density at radius 3 is 2.72 bits per heavy atom. The predicted molar refractivity (Wildman–Crippen MR) is 62.2 cm³/mol. The van der Waals surface area contributed by atoms with Crippen LogP contribution in [0.15, 0.2) is 30.6 Å². The molecule has 0 radical (unpaired) electrons. The molecule has 1 N–H and O–H groups in total. The summed E-state index contributed by atoms with van der Waals surface area (Å²) < 4.78 is 1.21. The van der Waals surface area contributed by atoms with E-state index in [0.29, 0.717) is 5.02 Å². The van der Waals surface area contributed by atoms with Gasteiger partial charge >= 0.3 is 5.97 Å². The average molecular weight is 268 g/mol. The van der Waals surface area contributed by atoms with Crippen LogP contribution in [0.3, 0.4) is 0 Å². The molecule has 0 unspecified atom stereocenters. The van der Waals surface area contributed by atoms with Crippen molar-refractivity contribution in [2.75, 3.05) is 0 Å². The SMILES string of the molecule is O=C(O)c1ccc(-n2cc(Cl)cn2)c([N+](=O)[O-])c1. The number of nitro benzene ring substituents is 1. The normalized spacial score (nSPS) is 10.3. The van der Waals surface area contributed by atoms with Crippen molar-refractivity contribution in [3.63, 3.8) is 0 Å². The molecule has 1 heterocycles. The molecule has 18 heavy (non-hydrogen) atoms. The fraction of sp³-hybridized carbons (Fsp3) is 0. The number of benzene rings is 1. The molecule has 0 aliphatic heterocycles. The minimum Gasteiger partial charge on any atom is -0.478 e. The van der Waals surface area contributed by atoms with E-state index in [4.69, 9.17) is 16.7 Å². The number of aromatic carboxylic acids is 1. The van der Waals surface area contributed by atoms with E-state index in [9.17, 15) is 14.9 Å². The van der Waals surface area contributed by atoms with Crippen molar-refractivity contribution < 1.29 is 14.8 Å². The maximum absolute atomic E-state index is 10.9. The number of halogens is 1. The Bertz CT molecular complexity index is 638. The van der Waals surface area contributed by atoms with E-state index in [-0.39, 0.29) is 16.9 Å². The van der Waals surface area contributed by atoms with Crippen molar-refractivity contribution in [3.05, 3.63) is 51.3 Å². The van der Waals surface area contributed by atoms with E-state index >= 15 is 0 Å². The third-order valence-corrected chi connectivity index (χ3v) is 2.41. The molecule has 7 nitrogen and oxygen atoms in total. The fourth-order valence-electron chi connectivity index (χ4n) is 1.43. The van der Waals surface area contributed by atoms with Crippen molar-refractivity contribution in [2.45, 2.75) is 0 Å². The summed E-state index contributed by atoms with van der Waals surface area (Å²) in [5.41, 5.74) is -0.365. The largest absolute Gasteiger partial charge is 0.478 e. The first-order valence-corrected chi connectivity index (χ1v) is 5.09. The molecule has 0 fully saturated rings. The predicted octanol–water partition coefficient (Wildman–Crippen LogP) is 2.13. The first-order valence-electron chi connectivity index (χ1n) is 4.71. The molecule has 2 rings (SSSR count). The van der Waals surface area contributed by atoms with Crippen LogP contribution < -0.4 is 0 Å². The van der Waals surface area contributed by atoms with Crippen LogP contribution in [0.25, 0.3) is 5.69 Å². The summed E-state index contributed by atoms with van der Waals surface area (Å²) in [5.74, 6) is -1.23. The highest BCUT2D eigenvalue weighted by Gasteiger charge is 2.19. The number of carbonyl (C=O) groups is 1. The number of carboxylic acid groups (broad SMARTS) is 1. The second-order valence-electron chi connectivity index (χ2n) is 3.37. The molecular weight excluding hydrogens is 262 g/mol. The van der Waals surface area contributed by atoms with E-state index < -0.39 is 10.9 Å². The van der Waals surface area contributed by atoms with Crippen LogP contribution in [0.2, 0.25) is 5.02 Å². The Morgan fingerprint density at radius 2 is 2.22 bits per heavy atom. The zero-order valence-electron chi connectivity index (χ0n) is 8.78. The molecule has 0 amide bonds. The van der Waals surface area contributed by atoms with Gasteiger partial charge in [0.25, 0.3) is 5.69 Å². The zero-order valence-corrected chi connectivity index (χ0v) is 9.53. The molecule has 0 bridgehead atoms. The van der Waals surface area contributed by atoms with Crippen molar-refractivity contribution in [1.29, 1.82) is 0 Å². The van der Waals surface area contributed by atoms with E-state index in [1.54, 1.807) is 0 Å². The highest BCUT2D eigenvalue weighted by molar-refractivity contribution is 6.30.